The zero-order chi connectivity index (χ0) is 19.0. The van der Waals surface area contributed by atoms with E-state index in [0.717, 1.165) is 4.47 Å². The van der Waals surface area contributed by atoms with Crippen LogP contribution in [0.5, 0.6) is 0 Å². The number of carbonyl (C=O) groups is 2. The molecule has 1 aromatic heterocycles. The fraction of sp³-hybridized carbons (Fsp3) is 0.684. The van der Waals surface area contributed by atoms with Gasteiger partial charge < -0.3 is 19.0 Å². The smallest absolute Gasteiger partial charge is 0.258 e. The molecule has 0 spiro atoms. The molecule has 2 atom stereocenters. The third-order valence-electron chi connectivity index (χ3n) is 5.26. The molecule has 3 heterocycles. The number of halogens is 1. The molecule has 2 aliphatic heterocycles. The number of hydrogen-bond acceptors (Lipinski definition) is 4. The summed E-state index contributed by atoms with van der Waals surface area (Å²) in [6.45, 7) is 10.2. The van der Waals surface area contributed by atoms with E-state index in [1.165, 1.54) is 0 Å². The topological polar surface area (TPSA) is 63.0 Å². The van der Waals surface area contributed by atoms with Gasteiger partial charge in [-0.15, -0.1) is 0 Å². The van der Waals surface area contributed by atoms with E-state index >= 15 is 0 Å². The molecule has 7 heteroatoms. The lowest BCUT2D eigenvalue weighted by Crippen LogP contribution is -2.51. The van der Waals surface area contributed by atoms with Crippen molar-refractivity contribution >= 4 is 27.7 Å². The van der Waals surface area contributed by atoms with Gasteiger partial charge in [0.2, 0.25) is 5.91 Å². The van der Waals surface area contributed by atoms with Crippen LogP contribution < -0.4 is 0 Å². The molecule has 3 rings (SSSR count). The van der Waals surface area contributed by atoms with Gasteiger partial charge in [-0.05, 0) is 56.5 Å². The van der Waals surface area contributed by atoms with Crippen LogP contribution in [0.1, 0.15) is 48.6 Å². The lowest BCUT2D eigenvalue weighted by molar-refractivity contribution is -0.148. The molecule has 0 saturated carbocycles. The van der Waals surface area contributed by atoms with E-state index in [0.29, 0.717) is 56.1 Å². The van der Waals surface area contributed by atoms with Crippen molar-refractivity contribution in [3.63, 3.8) is 0 Å². The Bertz CT molecular complexity index is 684. The van der Waals surface area contributed by atoms with Crippen LogP contribution in [0.3, 0.4) is 0 Å². The van der Waals surface area contributed by atoms with E-state index in [4.69, 9.17) is 9.15 Å². The van der Waals surface area contributed by atoms with Crippen LogP contribution in [0.2, 0.25) is 0 Å². The molecule has 6 nitrogen and oxygen atoms in total. The molecule has 0 bridgehead atoms. The molecule has 0 aromatic carbocycles. The van der Waals surface area contributed by atoms with Crippen molar-refractivity contribution in [3.05, 3.63) is 21.6 Å². The molecule has 0 aliphatic carbocycles. The zero-order valence-electron chi connectivity index (χ0n) is 15.9. The summed E-state index contributed by atoms with van der Waals surface area (Å²) in [5.41, 5.74) is 0.600. The minimum atomic E-state index is -0.0225. The number of hydrogen-bond donors (Lipinski definition) is 0. The third-order valence-corrected chi connectivity index (χ3v) is 6.22. The summed E-state index contributed by atoms with van der Waals surface area (Å²) < 4.78 is 12.0. The second kappa shape index (κ2) is 7.72. The monoisotopic (exact) mass is 426 g/mol. The van der Waals surface area contributed by atoms with Crippen molar-refractivity contribution in [3.8, 4) is 0 Å². The summed E-state index contributed by atoms with van der Waals surface area (Å²) in [6.07, 6.45) is 1.57. The van der Waals surface area contributed by atoms with E-state index in [2.05, 4.69) is 15.9 Å². The van der Waals surface area contributed by atoms with Gasteiger partial charge in [-0.1, -0.05) is 0 Å². The number of rotatable bonds is 2. The number of carbonyl (C=O) groups excluding carboxylic acids is 2. The largest absolute Gasteiger partial charge is 0.465 e. The number of nitrogens with zero attached hydrogens (tertiary/aromatic N) is 2. The summed E-state index contributed by atoms with van der Waals surface area (Å²) in [4.78, 5) is 29.5. The van der Waals surface area contributed by atoms with Crippen LogP contribution in [0.15, 0.2) is 8.89 Å². The Labute approximate surface area is 163 Å². The lowest BCUT2D eigenvalue weighted by atomic mass is 9.94. The second-order valence-electron chi connectivity index (χ2n) is 7.47. The molecule has 2 unspecified atom stereocenters. The first-order chi connectivity index (χ1) is 12.3. The molecule has 2 fully saturated rings. The second-order valence-corrected chi connectivity index (χ2v) is 8.26. The van der Waals surface area contributed by atoms with Crippen LogP contribution in [-0.4, -0.2) is 60.0 Å². The standard InChI is InChI=1S/C19H27BrN2O4/c1-11-9-22(10-12(2)25-11)18(23)15-5-7-21(8-6-15)19(24)16-13(3)26-14(4)17(16)20/h11-12,15H,5-10H2,1-4H3. The molecule has 2 saturated heterocycles. The fourth-order valence-electron chi connectivity index (χ4n) is 4.00. The molecule has 2 aliphatic rings. The minimum absolute atomic E-state index is 0.00725. The van der Waals surface area contributed by atoms with Crippen molar-refractivity contribution in [1.82, 2.24) is 9.80 Å². The zero-order valence-corrected chi connectivity index (χ0v) is 17.5. The van der Waals surface area contributed by atoms with E-state index < -0.39 is 0 Å². The van der Waals surface area contributed by atoms with Crippen LogP contribution in [0, 0.1) is 19.8 Å². The Morgan fingerprint density at radius 2 is 1.58 bits per heavy atom. The maximum atomic E-state index is 12.8. The quantitative estimate of drug-likeness (QED) is 0.728. The molecular formula is C19H27BrN2O4. The van der Waals surface area contributed by atoms with Crippen LogP contribution in [0.4, 0.5) is 0 Å². The maximum absolute atomic E-state index is 12.8. The highest BCUT2D eigenvalue weighted by molar-refractivity contribution is 9.10. The van der Waals surface area contributed by atoms with Gasteiger partial charge in [-0.3, -0.25) is 9.59 Å². The molecule has 0 N–H and O–H groups in total. The Morgan fingerprint density at radius 1 is 1.00 bits per heavy atom. The summed E-state index contributed by atoms with van der Waals surface area (Å²) in [5.74, 6) is 1.52. The van der Waals surface area contributed by atoms with Crippen LogP contribution in [0.25, 0.3) is 0 Å². The van der Waals surface area contributed by atoms with Crippen LogP contribution in [-0.2, 0) is 9.53 Å². The molecule has 2 amide bonds. The molecule has 26 heavy (non-hydrogen) atoms. The Morgan fingerprint density at radius 3 is 2.08 bits per heavy atom. The molecule has 1 aromatic rings. The highest BCUT2D eigenvalue weighted by atomic mass is 79.9. The fourth-order valence-corrected chi connectivity index (χ4v) is 4.53. The maximum Gasteiger partial charge on any atom is 0.258 e. The van der Waals surface area contributed by atoms with E-state index in [1.54, 1.807) is 0 Å². The van der Waals surface area contributed by atoms with E-state index in [1.807, 2.05) is 37.5 Å². The number of likely N-dealkylation sites (tertiary alicyclic amines) is 1. The van der Waals surface area contributed by atoms with Gasteiger partial charge in [0.05, 0.1) is 22.2 Å². The lowest BCUT2D eigenvalue weighted by Gasteiger charge is -2.39. The van der Waals surface area contributed by atoms with E-state index in [9.17, 15) is 9.59 Å². The summed E-state index contributed by atoms with van der Waals surface area (Å²) in [7, 11) is 0. The average molecular weight is 427 g/mol. The van der Waals surface area contributed by atoms with E-state index in [-0.39, 0.29) is 29.9 Å². The van der Waals surface area contributed by atoms with Crippen molar-refractivity contribution in [2.45, 2.75) is 52.7 Å². The number of piperidine rings is 1. The van der Waals surface area contributed by atoms with Gasteiger partial charge in [-0.25, -0.2) is 0 Å². The highest BCUT2D eigenvalue weighted by Gasteiger charge is 2.34. The summed E-state index contributed by atoms with van der Waals surface area (Å²) in [5, 5.41) is 0. The van der Waals surface area contributed by atoms with Crippen molar-refractivity contribution < 1.29 is 18.7 Å². The predicted octanol–water partition coefficient (Wildman–Crippen LogP) is 3.15. The average Bonchev–Trinajstić information content (AvgIpc) is 2.85. The number of morpholine rings is 1. The SMILES string of the molecule is Cc1oc(C)c(C(=O)N2CCC(C(=O)N3CC(C)OC(C)C3)CC2)c1Br. The Balaban J connectivity index is 1.60. The van der Waals surface area contributed by atoms with Gasteiger partial charge in [0, 0.05) is 32.1 Å². The molecule has 144 valence electrons. The van der Waals surface area contributed by atoms with Crippen molar-refractivity contribution in [2.24, 2.45) is 5.92 Å². The van der Waals surface area contributed by atoms with Gasteiger partial charge in [0.1, 0.15) is 11.5 Å². The number of furan rings is 1. The summed E-state index contributed by atoms with van der Waals surface area (Å²) in [6, 6.07) is 0. The van der Waals surface area contributed by atoms with Gasteiger partial charge in [0.25, 0.3) is 5.91 Å². The minimum Gasteiger partial charge on any atom is -0.465 e. The first-order valence-electron chi connectivity index (χ1n) is 9.27. The number of ether oxygens (including phenoxy) is 1. The molecular weight excluding hydrogens is 400 g/mol. The third kappa shape index (κ3) is 3.83. The Hall–Kier alpha value is -1.34. The number of amides is 2. The predicted molar refractivity (Wildman–Crippen MR) is 101 cm³/mol. The highest BCUT2D eigenvalue weighted by Crippen LogP contribution is 2.30. The van der Waals surface area contributed by atoms with Gasteiger partial charge >= 0.3 is 0 Å². The van der Waals surface area contributed by atoms with Gasteiger partial charge in [-0.2, -0.15) is 0 Å². The van der Waals surface area contributed by atoms with Crippen LogP contribution >= 0.6 is 15.9 Å². The first-order valence-corrected chi connectivity index (χ1v) is 10.1. The van der Waals surface area contributed by atoms with Crippen molar-refractivity contribution in [1.29, 1.82) is 0 Å². The first kappa shape index (κ1) is 19.4. The Kier molecular flexibility index (Phi) is 5.77. The summed E-state index contributed by atoms with van der Waals surface area (Å²) >= 11 is 3.45. The van der Waals surface area contributed by atoms with Gasteiger partial charge in [0.15, 0.2) is 0 Å². The number of aryl methyl sites for hydroxylation is 2. The van der Waals surface area contributed by atoms with Crippen molar-refractivity contribution in [2.75, 3.05) is 26.2 Å². The molecule has 0 radical (unpaired) electrons. The normalized spacial score (nSPS) is 24.8.